The number of benzene rings is 1. The number of amides is 2. The van der Waals surface area contributed by atoms with Crippen LogP contribution in [0.25, 0.3) is 0 Å². The van der Waals surface area contributed by atoms with E-state index in [9.17, 15) is 27.2 Å². The molecule has 1 fully saturated rings. The highest BCUT2D eigenvalue weighted by Gasteiger charge is 2.40. The first-order chi connectivity index (χ1) is 11.3. The molecular weight excluding hydrogens is 328 g/mol. The zero-order valence-electron chi connectivity index (χ0n) is 12.9. The minimum Gasteiger partial charge on any atom is -0.345 e. The average Bonchev–Trinajstić information content (AvgIpc) is 2.53. The zero-order chi connectivity index (χ0) is 17.7. The number of halogens is 4. The van der Waals surface area contributed by atoms with Gasteiger partial charge in [0.2, 0.25) is 5.91 Å². The van der Waals surface area contributed by atoms with Crippen molar-refractivity contribution in [2.45, 2.75) is 37.9 Å². The van der Waals surface area contributed by atoms with Crippen molar-refractivity contribution in [3.8, 4) is 0 Å². The Morgan fingerprint density at radius 3 is 2.38 bits per heavy atom. The van der Waals surface area contributed by atoms with Gasteiger partial charge in [0.05, 0.1) is 0 Å². The van der Waals surface area contributed by atoms with E-state index in [1.807, 2.05) is 5.32 Å². The summed E-state index contributed by atoms with van der Waals surface area (Å²) in [5.41, 5.74) is 0.457. The third-order valence-corrected chi connectivity index (χ3v) is 4.01. The molecule has 2 rings (SSSR count). The third-order valence-electron chi connectivity index (χ3n) is 4.01. The number of nitrogens with zero attached hydrogens (tertiary/aromatic N) is 1. The minimum atomic E-state index is -4.90. The predicted octanol–water partition coefficient (Wildman–Crippen LogP) is 2.43. The van der Waals surface area contributed by atoms with Gasteiger partial charge in [-0.1, -0.05) is 18.2 Å². The smallest absolute Gasteiger partial charge is 0.345 e. The molecule has 1 aliphatic rings. The number of carbonyl (C=O) groups is 2. The van der Waals surface area contributed by atoms with Crippen molar-refractivity contribution in [1.29, 1.82) is 0 Å². The molecule has 4 nitrogen and oxygen atoms in total. The highest BCUT2D eigenvalue weighted by molar-refractivity contribution is 5.82. The molecule has 0 saturated carbocycles. The number of carbonyl (C=O) groups excluding carboxylic acids is 2. The summed E-state index contributed by atoms with van der Waals surface area (Å²) in [6.07, 6.45) is -3.94. The molecule has 24 heavy (non-hydrogen) atoms. The van der Waals surface area contributed by atoms with Gasteiger partial charge in [-0.25, -0.2) is 4.39 Å². The Balaban J connectivity index is 1.77. The third kappa shape index (κ3) is 4.94. The second-order valence-corrected chi connectivity index (χ2v) is 5.72. The molecule has 0 radical (unpaired) electrons. The maximum Gasteiger partial charge on any atom is 0.471 e. The minimum absolute atomic E-state index is 0.139. The number of hydrogen-bond acceptors (Lipinski definition) is 2. The Labute approximate surface area is 136 Å². The number of piperidine rings is 1. The molecule has 0 bridgehead atoms. The second-order valence-electron chi connectivity index (χ2n) is 5.72. The highest BCUT2D eigenvalue weighted by Crippen LogP contribution is 2.18. The topological polar surface area (TPSA) is 49.4 Å². The lowest BCUT2D eigenvalue weighted by Gasteiger charge is -2.32. The van der Waals surface area contributed by atoms with Crippen molar-refractivity contribution in [2.75, 3.05) is 13.1 Å². The van der Waals surface area contributed by atoms with Crippen molar-refractivity contribution in [1.82, 2.24) is 10.2 Å². The van der Waals surface area contributed by atoms with E-state index in [1.54, 1.807) is 18.2 Å². The molecule has 0 unspecified atom stereocenters. The summed E-state index contributed by atoms with van der Waals surface area (Å²) in [5.74, 6) is -2.48. The maximum absolute atomic E-state index is 13.5. The molecule has 1 N–H and O–H groups in total. The van der Waals surface area contributed by atoms with Gasteiger partial charge in [-0.3, -0.25) is 9.59 Å². The van der Waals surface area contributed by atoms with Gasteiger partial charge in [0, 0.05) is 25.6 Å². The fourth-order valence-corrected chi connectivity index (χ4v) is 2.64. The summed E-state index contributed by atoms with van der Waals surface area (Å²) < 4.78 is 50.1. The van der Waals surface area contributed by atoms with Crippen LogP contribution in [0.1, 0.15) is 24.8 Å². The predicted molar refractivity (Wildman–Crippen MR) is 78.5 cm³/mol. The number of aryl methyl sites for hydroxylation is 1. The Morgan fingerprint density at radius 2 is 1.79 bits per heavy atom. The molecule has 0 aliphatic carbocycles. The molecule has 1 heterocycles. The molecule has 1 aromatic carbocycles. The first kappa shape index (κ1) is 18.2. The largest absolute Gasteiger partial charge is 0.471 e. The number of hydrogen-bond donors (Lipinski definition) is 1. The normalized spacial score (nSPS) is 16.1. The summed E-state index contributed by atoms with van der Waals surface area (Å²) in [6, 6.07) is 5.61. The van der Waals surface area contributed by atoms with Gasteiger partial charge in [0.25, 0.3) is 0 Å². The number of rotatable bonds is 4. The van der Waals surface area contributed by atoms with E-state index in [0.29, 0.717) is 5.56 Å². The summed E-state index contributed by atoms with van der Waals surface area (Å²) >= 11 is 0. The molecule has 1 aliphatic heterocycles. The Bertz CT molecular complexity index is 596. The van der Waals surface area contributed by atoms with E-state index >= 15 is 0 Å². The van der Waals surface area contributed by atoms with E-state index in [0.717, 1.165) is 0 Å². The van der Waals surface area contributed by atoms with Gasteiger partial charge in [0.15, 0.2) is 0 Å². The summed E-state index contributed by atoms with van der Waals surface area (Å²) in [7, 11) is 0. The Hall–Kier alpha value is -2.12. The van der Waals surface area contributed by atoms with E-state index in [2.05, 4.69) is 0 Å². The maximum atomic E-state index is 13.5. The van der Waals surface area contributed by atoms with E-state index in [-0.39, 0.29) is 50.5 Å². The highest BCUT2D eigenvalue weighted by atomic mass is 19.4. The van der Waals surface area contributed by atoms with Crippen molar-refractivity contribution in [2.24, 2.45) is 0 Å². The molecule has 0 atom stereocenters. The lowest BCUT2D eigenvalue weighted by Crippen LogP contribution is -2.49. The lowest BCUT2D eigenvalue weighted by atomic mass is 10.0. The number of likely N-dealkylation sites (tertiary alicyclic amines) is 1. The van der Waals surface area contributed by atoms with Crippen LogP contribution in [0.4, 0.5) is 17.6 Å². The van der Waals surface area contributed by atoms with Crippen molar-refractivity contribution < 1.29 is 27.2 Å². The lowest BCUT2D eigenvalue weighted by molar-refractivity contribution is -0.174. The van der Waals surface area contributed by atoms with Gasteiger partial charge >= 0.3 is 12.1 Å². The molecule has 1 saturated heterocycles. The molecule has 0 spiro atoms. The molecule has 2 amide bonds. The first-order valence-corrected chi connectivity index (χ1v) is 7.66. The molecule has 0 aromatic heterocycles. The Morgan fingerprint density at radius 1 is 1.17 bits per heavy atom. The fourth-order valence-electron chi connectivity index (χ4n) is 2.64. The standard InChI is InChI=1S/C16H18F4N2O2/c17-13-4-2-1-3-11(13)5-6-14(23)22-9-7-12(8-10-22)21-15(24)16(18,19)20/h1-4,12H,5-10H2,(H,21,24). The first-order valence-electron chi connectivity index (χ1n) is 7.66. The van der Waals surface area contributed by atoms with Crippen molar-refractivity contribution >= 4 is 11.8 Å². The molecule has 1 aromatic rings. The Kier molecular flexibility index (Phi) is 5.80. The fraction of sp³-hybridized carbons (Fsp3) is 0.500. The SMILES string of the molecule is O=C(CCc1ccccc1F)N1CCC(NC(=O)C(F)(F)F)CC1. The molecule has 8 heteroatoms. The van der Waals surface area contributed by atoms with Crippen LogP contribution in [0.15, 0.2) is 24.3 Å². The van der Waals surface area contributed by atoms with Crippen LogP contribution in [-0.2, 0) is 16.0 Å². The summed E-state index contributed by atoms with van der Waals surface area (Å²) in [6.45, 7) is 0.553. The van der Waals surface area contributed by atoms with Crippen LogP contribution < -0.4 is 5.32 Å². The van der Waals surface area contributed by atoms with Crippen LogP contribution in [0.3, 0.4) is 0 Å². The monoisotopic (exact) mass is 346 g/mol. The average molecular weight is 346 g/mol. The number of nitrogens with one attached hydrogen (secondary N) is 1. The van der Waals surface area contributed by atoms with Gasteiger partial charge in [-0.05, 0) is 30.9 Å². The van der Waals surface area contributed by atoms with E-state index < -0.39 is 18.1 Å². The number of alkyl halides is 3. The van der Waals surface area contributed by atoms with Crippen molar-refractivity contribution in [3.63, 3.8) is 0 Å². The van der Waals surface area contributed by atoms with Crippen LogP contribution in [0, 0.1) is 5.82 Å². The molecule has 132 valence electrons. The second kappa shape index (κ2) is 7.63. The van der Waals surface area contributed by atoms with Crippen LogP contribution in [0.5, 0.6) is 0 Å². The van der Waals surface area contributed by atoms with Gasteiger partial charge in [-0.2, -0.15) is 13.2 Å². The summed E-state index contributed by atoms with van der Waals surface area (Å²) in [4.78, 5) is 24.5. The van der Waals surface area contributed by atoms with Crippen LogP contribution in [-0.4, -0.2) is 42.0 Å². The van der Waals surface area contributed by atoms with Crippen LogP contribution >= 0.6 is 0 Å². The van der Waals surface area contributed by atoms with Gasteiger partial charge in [0.1, 0.15) is 5.82 Å². The van der Waals surface area contributed by atoms with Gasteiger partial charge in [-0.15, -0.1) is 0 Å². The molecular formula is C16H18F4N2O2. The van der Waals surface area contributed by atoms with Crippen molar-refractivity contribution in [3.05, 3.63) is 35.6 Å². The van der Waals surface area contributed by atoms with Gasteiger partial charge < -0.3 is 10.2 Å². The van der Waals surface area contributed by atoms with E-state index in [1.165, 1.54) is 11.0 Å². The van der Waals surface area contributed by atoms with E-state index in [4.69, 9.17) is 0 Å². The van der Waals surface area contributed by atoms with Crippen LogP contribution in [0.2, 0.25) is 0 Å². The summed E-state index contributed by atoms with van der Waals surface area (Å²) in [5, 5.41) is 1.93. The quantitative estimate of drug-likeness (QED) is 0.852. The zero-order valence-corrected chi connectivity index (χ0v) is 12.9.